The van der Waals surface area contributed by atoms with E-state index in [0.29, 0.717) is 39.4 Å². The Morgan fingerprint density at radius 2 is 1.81 bits per heavy atom. The number of aryl methyl sites for hydroxylation is 1. The molecular formula is C33H32ClN5O3S. The van der Waals surface area contributed by atoms with Gasteiger partial charge in [0.15, 0.2) is 9.84 Å². The molecule has 1 aliphatic heterocycles. The maximum atomic E-state index is 13.2. The zero-order valence-electron chi connectivity index (χ0n) is 23.8. The van der Waals surface area contributed by atoms with Crippen molar-refractivity contribution in [3.8, 4) is 22.9 Å². The molecule has 0 aliphatic carbocycles. The molecule has 1 atom stereocenters. The number of ether oxygens (including phenoxy) is 1. The number of halogens is 1. The molecule has 0 radical (unpaired) electrons. The van der Waals surface area contributed by atoms with Crippen molar-refractivity contribution in [2.24, 2.45) is 0 Å². The molecule has 2 aromatic heterocycles. The van der Waals surface area contributed by atoms with Gasteiger partial charge in [-0.05, 0) is 78.7 Å². The van der Waals surface area contributed by atoms with Crippen molar-refractivity contribution < 1.29 is 13.2 Å². The summed E-state index contributed by atoms with van der Waals surface area (Å²) >= 11 is 5.97. The van der Waals surface area contributed by atoms with Crippen LogP contribution in [-0.4, -0.2) is 42.5 Å². The van der Waals surface area contributed by atoms with Crippen molar-refractivity contribution in [3.05, 3.63) is 107 Å². The van der Waals surface area contributed by atoms with Gasteiger partial charge in [0.1, 0.15) is 5.75 Å². The molecule has 3 aromatic carbocycles. The zero-order valence-corrected chi connectivity index (χ0v) is 25.3. The molecule has 5 aromatic rings. The molecule has 1 aliphatic rings. The van der Waals surface area contributed by atoms with Crippen LogP contribution in [0.4, 0.5) is 5.95 Å². The first-order chi connectivity index (χ1) is 20.8. The molecule has 3 heterocycles. The summed E-state index contributed by atoms with van der Waals surface area (Å²) in [7, 11) is -3.45. The quantitative estimate of drug-likeness (QED) is 0.189. The van der Waals surface area contributed by atoms with Crippen molar-refractivity contribution in [1.29, 1.82) is 0 Å². The number of aromatic nitrogens is 3. The number of hydrogen-bond donors (Lipinski definition) is 2. The van der Waals surface area contributed by atoms with Crippen LogP contribution >= 0.6 is 11.6 Å². The molecule has 2 N–H and O–H groups in total. The molecule has 0 bridgehead atoms. The van der Waals surface area contributed by atoms with Gasteiger partial charge in [-0.2, -0.15) is 0 Å². The summed E-state index contributed by atoms with van der Waals surface area (Å²) in [5, 5.41) is 9.03. The van der Waals surface area contributed by atoms with E-state index in [4.69, 9.17) is 21.3 Å². The van der Waals surface area contributed by atoms with Gasteiger partial charge in [0.25, 0.3) is 0 Å². The molecule has 0 saturated carbocycles. The van der Waals surface area contributed by atoms with E-state index in [1.54, 1.807) is 36.7 Å². The molecular weight excluding hydrogens is 582 g/mol. The van der Waals surface area contributed by atoms with Crippen LogP contribution in [0.1, 0.15) is 29.5 Å². The first-order valence-corrected chi connectivity index (χ1v) is 16.4. The third kappa shape index (κ3) is 6.96. The Kier molecular flexibility index (Phi) is 8.56. The average molecular weight is 614 g/mol. The van der Waals surface area contributed by atoms with Crippen molar-refractivity contribution >= 4 is 38.2 Å². The molecule has 10 heteroatoms. The molecule has 6 rings (SSSR count). The second-order valence-electron chi connectivity index (χ2n) is 10.8. The lowest BCUT2D eigenvalue weighted by Crippen LogP contribution is -2.38. The molecule has 0 unspecified atom stereocenters. The van der Waals surface area contributed by atoms with Crippen molar-refractivity contribution in [2.75, 3.05) is 18.4 Å². The summed E-state index contributed by atoms with van der Waals surface area (Å²) in [5.41, 5.74) is 3.73. The van der Waals surface area contributed by atoms with Crippen LogP contribution in [0.5, 0.6) is 11.6 Å². The normalized spacial score (nSPS) is 15.3. The van der Waals surface area contributed by atoms with Crippen LogP contribution in [0, 0.1) is 6.92 Å². The maximum absolute atomic E-state index is 13.2. The van der Waals surface area contributed by atoms with Crippen LogP contribution < -0.4 is 15.4 Å². The van der Waals surface area contributed by atoms with Crippen LogP contribution in [0.2, 0.25) is 5.02 Å². The van der Waals surface area contributed by atoms with Crippen molar-refractivity contribution in [1.82, 2.24) is 20.3 Å². The minimum atomic E-state index is -3.45. The number of sulfone groups is 1. The number of nitrogens with one attached hydrogen (secondary N) is 2. The number of nitrogens with zero attached hydrogens (tertiary/aromatic N) is 3. The van der Waals surface area contributed by atoms with E-state index in [2.05, 4.69) is 20.6 Å². The van der Waals surface area contributed by atoms with E-state index in [1.807, 2.05) is 55.5 Å². The van der Waals surface area contributed by atoms with Gasteiger partial charge in [-0.15, -0.1) is 0 Å². The Balaban J connectivity index is 1.29. The number of hydrogen-bond acceptors (Lipinski definition) is 8. The highest BCUT2D eigenvalue weighted by Crippen LogP contribution is 2.38. The van der Waals surface area contributed by atoms with Crippen molar-refractivity contribution in [3.63, 3.8) is 0 Å². The van der Waals surface area contributed by atoms with Crippen molar-refractivity contribution in [2.45, 2.75) is 37.3 Å². The third-order valence-corrected chi connectivity index (χ3v) is 9.28. The van der Waals surface area contributed by atoms with E-state index < -0.39 is 9.84 Å². The van der Waals surface area contributed by atoms with E-state index in [9.17, 15) is 8.42 Å². The minimum Gasteiger partial charge on any atom is -0.437 e. The van der Waals surface area contributed by atoms with Crippen LogP contribution in [0.25, 0.3) is 22.0 Å². The number of anilines is 1. The van der Waals surface area contributed by atoms with E-state index in [1.165, 1.54) is 0 Å². The Bertz CT molecular complexity index is 1860. The van der Waals surface area contributed by atoms with Crippen LogP contribution in [-0.2, 0) is 21.3 Å². The first kappa shape index (κ1) is 29.0. The standard InChI is InChI=1S/C33H32ClN5O3S/c1-22-9-14-27-24(21-43(40,41)20-23-10-12-25(34)13-11-23)5-2-7-28(27)31(22)42-32-29(8-4-17-36-32)30-15-18-37-33(39-30)38-26-6-3-16-35-19-26/h2,4-5,7-15,17-18,26,35H,3,6,16,19-21H2,1H3,(H,37,38,39)/t26-/m0/s1. The van der Waals surface area contributed by atoms with Gasteiger partial charge in [-0.3, -0.25) is 0 Å². The summed E-state index contributed by atoms with van der Waals surface area (Å²) in [4.78, 5) is 13.8. The predicted octanol–water partition coefficient (Wildman–Crippen LogP) is 6.72. The molecule has 0 amide bonds. The second kappa shape index (κ2) is 12.7. The highest BCUT2D eigenvalue weighted by atomic mass is 35.5. The van der Waals surface area contributed by atoms with Gasteiger partial charge in [0, 0.05) is 35.4 Å². The summed E-state index contributed by atoms with van der Waals surface area (Å²) < 4.78 is 32.9. The minimum absolute atomic E-state index is 0.0693. The lowest BCUT2D eigenvalue weighted by atomic mass is 10.0. The fraction of sp³-hybridized carbons (Fsp3) is 0.242. The predicted molar refractivity (Wildman–Crippen MR) is 171 cm³/mol. The summed E-state index contributed by atoms with van der Waals surface area (Å²) in [5.74, 6) is 1.42. The van der Waals surface area contributed by atoms with Gasteiger partial charge in [-0.1, -0.05) is 54.1 Å². The molecule has 8 nitrogen and oxygen atoms in total. The molecule has 0 spiro atoms. The SMILES string of the molecule is Cc1ccc2c(CS(=O)(=O)Cc3ccc(Cl)cc3)cccc2c1Oc1ncccc1-c1ccnc(N[C@H]2CCCNC2)n1. The fourth-order valence-electron chi connectivity index (χ4n) is 5.39. The van der Waals surface area contributed by atoms with Gasteiger partial charge in [0.05, 0.1) is 22.8 Å². The fourth-order valence-corrected chi connectivity index (χ4v) is 7.04. The lowest BCUT2D eigenvalue weighted by Gasteiger charge is -2.23. The highest BCUT2D eigenvalue weighted by molar-refractivity contribution is 7.89. The van der Waals surface area contributed by atoms with E-state index in [0.717, 1.165) is 47.8 Å². The van der Waals surface area contributed by atoms with Gasteiger partial charge in [-0.25, -0.2) is 23.4 Å². The lowest BCUT2D eigenvalue weighted by molar-refractivity contribution is 0.466. The summed E-state index contributed by atoms with van der Waals surface area (Å²) in [6, 6.07) is 22.3. The monoisotopic (exact) mass is 613 g/mol. The van der Waals surface area contributed by atoms with E-state index in [-0.39, 0.29) is 17.5 Å². The Morgan fingerprint density at radius 1 is 0.953 bits per heavy atom. The Hall–Kier alpha value is -4.05. The topological polar surface area (TPSA) is 106 Å². The van der Waals surface area contributed by atoms with Gasteiger partial charge in [0.2, 0.25) is 11.8 Å². The molecule has 1 fully saturated rings. The Labute approximate surface area is 256 Å². The highest BCUT2D eigenvalue weighted by Gasteiger charge is 2.19. The van der Waals surface area contributed by atoms with Crippen LogP contribution in [0.15, 0.2) is 85.2 Å². The van der Waals surface area contributed by atoms with Gasteiger partial charge >= 0.3 is 0 Å². The third-order valence-electron chi connectivity index (χ3n) is 7.51. The summed E-state index contributed by atoms with van der Waals surface area (Å²) in [6.07, 6.45) is 5.59. The van der Waals surface area contributed by atoms with Gasteiger partial charge < -0.3 is 15.4 Å². The molecule has 220 valence electrons. The molecule has 1 saturated heterocycles. The zero-order chi connectivity index (χ0) is 29.8. The second-order valence-corrected chi connectivity index (χ2v) is 13.3. The summed E-state index contributed by atoms with van der Waals surface area (Å²) in [6.45, 7) is 3.87. The first-order valence-electron chi connectivity index (χ1n) is 14.2. The number of pyridine rings is 1. The number of benzene rings is 3. The Morgan fingerprint density at radius 3 is 2.63 bits per heavy atom. The largest absolute Gasteiger partial charge is 0.437 e. The maximum Gasteiger partial charge on any atom is 0.228 e. The number of fused-ring (bicyclic) bond motifs is 1. The number of rotatable bonds is 9. The van der Waals surface area contributed by atoms with Crippen LogP contribution in [0.3, 0.4) is 0 Å². The molecule has 43 heavy (non-hydrogen) atoms. The number of piperidine rings is 1. The smallest absolute Gasteiger partial charge is 0.228 e. The average Bonchev–Trinajstić information content (AvgIpc) is 3.00. The van der Waals surface area contributed by atoms with E-state index >= 15 is 0 Å².